The predicted octanol–water partition coefficient (Wildman–Crippen LogP) is 4.89. The Labute approximate surface area is 153 Å². The van der Waals surface area contributed by atoms with Crippen molar-refractivity contribution in [3.05, 3.63) is 53.7 Å². The van der Waals surface area contributed by atoms with Crippen LogP contribution in [0.15, 0.2) is 42.6 Å². The van der Waals surface area contributed by atoms with Gasteiger partial charge in [0.15, 0.2) is 11.5 Å². The van der Waals surface area contributed by atoms with E-state index in [0.717, 1.165) is 6.07 Å². The Morgan fingerprint density at radius 3 is 2.41 bits per heavy atom. The minimum atomic E-state index is -4.62. The van der Waals surface area contributed by atoms with Crippen molar-refractivity contribution in [1.82, 2.24) is 4.98 Å². The molecular weight excluding hydrogens is 359 g/mol. The summed E-state index contributed by atoms with van der Waals surface area (Å²) >= 11 is 0. The Morgan fingerprint density at radius 2 is 1.78 bits per heavy atom. The van der Waals surface area contributed by atoms with Gasteiger partial charge in [0.1, 0.15) is 11.9 Å². The lowest BCUT2D eigenvalue weighted by Gasteiger charge is -2.17. The summed E-state index contributed by atoms with van der Waals surface area (Å²) in [7, 11) is 2.95. The molecule has 0 saturated heterocycles. The van der Waals surface area contributed by atoms with E-state index in [4.69, 9.17) is 9.47 Å². The first-order valence-corrected chi connectivity index (χ1v) is 7.77. The summed E-state index contributed by atoms with van der Waals surface area (Å²) < 4.78 is 50.7. The molecule has 5 nitrogen and oxygen atoms in total. The first-order valence-electron chi connectivity index (χ1n) is 7.77. The van der Waals surface area contributed by atoms with Crippen LogP contribution in [0.25, 0.3) is 10.8 Å². The number of halogens is 3. The Balaban J connectivity index is 2.20. The maximum atomic E-state index is 13.4. The van der Waals surface area contributed by atoms with Crippen LogP contribution in [0.2, 0.25) is 0 Å². The number of aromatic nitrogens is 1. The molecule has 138 valence electrons. The number of para-hydroxylation sites is 1. The number of benzene rings is 2. The third kappa shape index (κ3) is 3.44. The fourth-order valence-corrected chi connectivity index (χ4v) is 2.73. The van der Waals surface area contributed by atoms with Gasteiger partial charge in [0.25, 0.3) is 0 Å². The van der Waals surface area contributed by atoms with Gasteiger partial charge in [-0.3, -0.25) is 0 Å². The van der Waals surface area contributed by atoms with Crippen LogP contribution < -0.4 is 14.8 Å². The van der Waals surface area contributed by atoms with Gasteiger partial charge in [-0.2, -0.15) is 18.4 Å². The SMILES string of the molecule is COc1cc2ccnc(Nc3c(C#N)cccc3C(F)(F)F)c2cc1OC. The number of nitriles is 1. The van der Waals surface area contributed by atoms with E-state index in [0.29, 0.717) is 22.3 Å². The number of hydrogen-bond acceptors (Lipinski definition) is 5. The van der Waals surface area contributed by atoms with Gasteiger partial charge in [0.05, 0.1) is 31.0 Å². The van der Waals surface area contributed by atoms with Gasteiger partial charge < -0.3 is 14.8 Å². The van der Waals surface area contributed by atoms with Gasteiger partial charge in [-0.25, -0.2) is 4.98 Å². The maximum absolute atomic E-state index is 13.4. The second-order valence-electron chi connectivity index (χ2n) is 5.55. The topological polar surface area (TPSA) is 67.2 Å². The van der Waals surface area contributed by atoms with E-state index in [-0.39, 0.29) is 17.1 Å². The summed E-state index contributed by atoms with van der Waals surface area (Å²) in [5.74, 6) is 1.06. The van der Waals surface area contributed by atoms with Crippen molar-refractivity contribution in [2.75, 3.05) is 19.5 Å². The largest absolute Gasteiger partial charge is 0.493 e. The molecule has 3 rings (SSSR count). The van der Waals surface area contributed by atoms with Gasteiger partial charge in [-0.05, 0) is 35.7 Å². The molecule has 0 aliphatic carbocycles. The number of alkyl halides is 3. The summed E-state index contributed by atoms with van der Waals surface area (Å²) in [6.07, 6.45) is -3.17. The highest BCUT2D eigenvalue weighted by molar-refractivity contribution is 5.96. The highest BCUT2D eigenvalue weighted by atomic mass is 19.4. The van der Waals surface area contributed by atoms with Gasteiger partial charge in [-0.15, -0.1) is 0 Å². The fourth-order valence-electron chi connectivity index (χ4n) is 2.73. The third-order valence-corrected chi connectivity index (χ3v) is 4.00. The van der Waals surface area contributed by atoms with E-state index in [9.17, 15) is 18.4 Å². The monoisotopic (exact) mass is 373 g/mol. The van der Waals surface area contributed by atoms with Crippen LogP contribution in [0.3, 0.4) is 0 Å². The zero-order chi connectivity index (χ0) is 19.6. The maximum Gasteiger partial charge on any atom is 0.418 e. The van der Waals surface area contributed by atoms with Crippen LogP contribution in [-0.4, -0.2) is 19.2 Å². The summed E-state index contributed by atoms with van der Waals surface area (Å²) in [5.41, 5.74) is -1.42. The van der Waals surface area contributed by atoms with E-state index < -0.39 is 11.7 Å². The molecule has 0 radical (unpaired) electrons. The Kier molecular flexibility index (Phi) is 4.77. The molecule has 0 bridgehead atoms. The van der Waals surface area contributed by atoms with Crippen LogP contribution in [-0.2, 0) is 6.18 Å². The van der Waals surface area contributed by atoms with Gasteiger partial charge >= 0.3 is 6.18 Å². The molecule has 0 spiro atoms. The fraction of sp³-hybridized carbons (Fsp3) is 0.158. The van der Waals surface area contributed by atoms with E-state index in [2.05, 4.69) is 10.3 Å². The molecule has 27 heavy (non-hydrogen) atoms. The summed E-state index contributed by atoms with van der Waals surface area (Å²) in [6.45, 7) is 0. The van der Waals surface area contributed by atoms with E-state index >= 15 is 0 Å². The summed E-state index contributed by atoms with van der Waals surface area (Å²) in [6, 6.07) is 10.2. The lowest BCUT2D eigenvalue weighted by atomic mass is 10.1. The highest BCUT2D eigenvalue weighted by Gasteiger charge is 2.34. The second-order valence-corrected chi connectivity index (χ2v) is 5.55. The smallest absolute Gasteiger partial charge is 0.418 e. The van der Waals surface area contributed by atoms with Crippen molar-refractivity contribution in [3.63, 3.8) is 0 Å². The average molecular weight is 373 g/mol. The molecule has 0 atom stereocenters. The molecular formula is C19H14F3N3O2. The normalized spacial score (nSPS) is 11.1. The number of rotatable bonds is 4. The molecule has 1 aromatic heterocycles. The second kappa shape index (κ2) is 7.03. The van der Waals surface area contributed by atoms with Crippen molar-refractivity contribution < 1.29 is 22.6 Å². The Morgan fingerprint density at radius 1 is 1.07 bits per heavy atom. The number of methoxy groups -OCH3 is 2. The van der Waals surface area contributed by atoms with Crippen LogP contribution in [0.4, 0.5) is 24.7 Å². The van der Waals surface area contributed by atoms with Crippen molar-refractivity contribution in [2.45, 2.75) is 6.18 Å². The van der Waals surface area contributed by atoms with Gasteiger partial charge in [0, 0.05) is 11.6 Å². The lowest BCUT2D eigenvalue weighted by molar-refractivity contribution is -0.136. The number of hydrogen-bond donors (Lipinski definition) is 1. The van der Waals surface area contributed by atoms with Crippen LogP contribution in [0, 0.1) is 11.3 Å². The minimum Gasteiger partial charge on any atom is -0.493 e. The van der Waals surface area contributed by atoms with Crippen molar-refractivity contribution >= 4 is 22.3 Å². The van der Waals surface area contributed by atoms with Crippen molar-refractivity contribution in [3.8, 4) is 17.6 Å². The molecule has 0 saturated carbocycles. The number of anilines is 2. The molecule has 3 aromatic rings. The van der Waals surface area contributed by atoms with Crippen molar-refractivity contribution in [1.29, 1.82) is 5.26 Å². The number of fused-ring (bicyclic) bond motifs is 1. The predicted molar refractivity (Wildman–Crippen MR) is 94.3 cm³/mol. The number of nitrogens with one attached hydrogen (secondary N) is 1. The van der Waals surface area contributed by atoms with E-state index in [1.807, 2.05) is 0 Å². The molecule has 8 heteroatoms. The van der Waals surface area contributed by atoms with E-state index in [1.165, 1.54) is 32.5 Å². The highest BCUT2D eigenvalue weighted by Crippen LogP contribution is 2.40. The summed E-state index contributed by atoms with van der Waals surface area (Å²) in [4.78, 5) is 4.15. The molecule has 2 aromatic carbocycles. The van der Waals surface area contributed by atoms with Gasteiger partial charge in [-0.1, -0.05) is 6.07 Å². The minimum absolute atomic E-state index is 0.135. The van der Waals surface area contributed by atoms with Gasteiger partial charge in [0.2, 0.25) is 0 Å². The number of pyridine rings is 1. The van der Waals surface area contributed by atoms with Crippen LogP contribution >= 0.6 is 0 Å². The third-order valence-electron chi connectivity index (χ3n) is 4.00. The summed E-state index contributed by atoms with van der Waals surface area (Å²) in [5, 5.41) is 13.1. The molecule has 0 amide bonds. The standard InChI is InChI=1S/C19H14F3N3O2/c1-26-15-8-11-6-7-24-18(13(11)9-16(15)27-2)25-17-12(10-23)4-3-5-14(17)19(20,21)22/h3-9H,1-2H3,(H,24,25). The Bertz CT molecular complexity index is 1040. The first kappa shape index (κ1) is 18.3. The first-order chi connectivity index (χ1) is 12.9. The van der Waals surface area contributed by atoms with Crippen LogP contribution in [0.1, 0.15) is 11.1 Å². The average Bonchev–Trinajstić information content (AvgIpc) is 2.66. The zero-order valence-corrected chi connectivity index (χ0v) is 14.4. The molecule has 0 fully saturated rings. The molecule has 1 N–H and O–H groups in total. The molecule has 0 aliphatic rings. The molecule has 0 aliphatic heterocycles. The molecule has 0 unspecified atom stereocenters. The molecule has 1 heterocycles. The van der Waals surface area contributed by atoms with Crippen LogP contribution in [0.5, 0.6) is 11.5 Å². The Hall–Kier alpha value is -3.47. The van der Waals surface area contributed by atoms with E-state index in [1.54, 1.807) is 24.3 Å². The zero-order valence-electron chi connectivity index (χ0n) is 14.4. The lowest BCUT2D eigenvalue weighted by Crippen LogP contribution is -2.10. The number of ether oxygens (including phenoxy) is 2. The van der Waals surface area contributed by atoms with Crippen molar-refractivity contribution in [2.24, 2.45) is 0 Å². The quantitative estimate of drug-likeness (QED) is 0.706. The number of nitrogens with zero attached hydrogens (tertiary/aromatic N) is 2.